The number of alkyl halides is 3. The Labute approximate surface area is 158 Å². The molecule has 1 N–H and O–H groups in total. The Morgan fingerprint density at radius 3 is 2.48 bits per heavy atom. The van der Waals surface area contributed by atoms with Crippen LogP contribution >= 0.6 is 11.6 Å². The largest absolute Gasteiger partial charge is 0.451 e. The van der Waals surface area contributed by atoms with E-state index in [-0.39, 0.29) is 22.1 Å². The zero-order valence-corrected chi connectivity index (χ0v) is 15.2. The van der Waals surface area contributed by atoms with Crippen molar-refractivity contribution in [1.82, 2.24) is 0 Å². The van der Waals surface area contributed by atoms with Crippen molar-refractivity contribution in [3.05, 3.63) is 76.0 Å². The highest BCUT2D eigenvalue weighted by atomic mass is 35.5. The van der Waals surface area contributed by atoms with Crippen LogP contribution in [0, 0.1) is 13.8 Å². The molecule has 1 aromatic heterocycles. The van der Waals surface area contributed by atoms with Crippen molar-refractivity contribution in [3.63, 3.8) is 0 Å². The lowest BCUT2D eigenvalue weighted by Crippen LogP contribution is -2.11. The Morgan fingerprint density at radius 2 is 1.78 bits per heavy atom. The second-order valence-corrected chi connectivity index (χ2v) is 6.54. The fourth-order valence-electron chi connectivity index (χ4n) is 2.55. The molecule has 3 nitrogen and oxygen atoms in total. The molecule has 27 heavy (non-hydrogen) atoms. The zero-order valence-electron chi connectivity index (χ0n) is 14.4. The van der Waals surface area contributed by atoms with Crippen LogP contribution in [0.4, 0.5) is 18.9 Å². The summed E-state index contributed by atoms with van der Waals surface area (Å²) in [5, 5.41) is 2.83. The van der Waals surface area contributed by atoms with Crippen LogP contribution in [0.15, 0.2) is 52.9 Å². The van der Waals surface area contributed by atoms with Gasteiger partial charge in [0.2, 0.25) is 0 Å². The molecule has 3 rings (SSSR count). The van der Waals surface area contributed by atoms with Gasteiger partial charge in [0.25, 0.3) is 5.91 Å². The van der Waals surface area contributed by atoms with Gasteiger partial charge < -0.3 is 9.73 Å². The number of halogens is 4. The van der Waals surface area contributed by atoms with E-state index in [1.165, 1.54) is 12.1 Å². The molecule has 140 valence electrons. The number of benzene rings is 2. The quantitative estimate of drug-likeness (QED) is 0.552. The van der Waals surface area contributed by atoms with Gasteiger partial charge in [-0.1, -0.05) is 23.7 Å². The van der Waals surface area contributed by atoms with Crippen LogP contribution in [-0.4, -0.2) is 5.91 Å². The summed E-state index contributed by atoms with van der Waals surface area (Å²) in [6, 6.07) is 11.4. The van der Waals surface area contributed by atoms with Gasteiger partial charge in [0.05, 0.1) is 10.6 Å². The molecule has 0 spiro atoms. The second kappa shape index (κ2) is 7.12. The van der Waals surface area contributed by atoms with Gasteiger partial charge in [-0.05, 0) is 61.4 Å². The number of rotatable bonds is 3. The lowest BCUT2D eigenvalue weighted by Gasteiger charge is -2.09. The summed E-state index contributed by atoms with van der Waals surface area (Å²) in [4.78, 5) is 12.4. The van der Waals surface area contributed by atoms with Gasteiger partial charge in [0.1, 0.15) is 5.76 Å². The van der Waals surface area contributed by atoms with Crippen LogP contribution in [0.3, 0.4) is 0 Å². The maximum atomic E-state index is 12.9. The molecule has 1 heterocycles. The summed E-state index contributed by atoms with van der Waals surface area (Å²) in [6.07, 6.45) is -4.51. The Bertz CT molecular complexity index is 1010. The van der Waals surface area contributed by atoms with E-state index >= 15 is 0 Å². The van der Waals surface area contributed by atoms with Gasteiger partial charge >= 0.3 is 6.18 Å². The SMILES string of the molecule is Cc1ccc(C)c(NC(=O)c2ccc(-c3cc(C(F)(F)F)ccc3Cl)o2)c1. The predicted octanol–water partition coefficient (Wildman–Crippen LogP) is 6.49. The van der Waals surface area contributed by atoms with Crippen molar-refractivity contribution in [1.29, 1.82) is 0 Å². The number of hydrogen-bond acceptors (Lipinski definition) is 2. The van der Waals surface area contributed by atoms with E-state index in [1.807, 2.05) is 32.0 Å². The standard InChI is InChI=1S/C20H15ClF3NO2/c1-11-3-4-12(2)16(9-11)25-19(26)18-8-7-17(27-18)14-10-13(20(22,23)24)5-6-15(14)21/h3-10H,1-2H3,(H,25,26). The third-order valence-corrected chi connectivity index (χ3v) is 4.36. The molecule has 2 aromatic carbocycles. The number of amides is 1. The molecule has 1 amide bonds. The molecule has 0 unspecified atom stereocenters. The zero-order chi connectivity index (χ0) is 19.8. The van der Waals surface area contributed by atoms with E-state index in [4.69, 9.17) is 16.0 Å². The lowest BCUT2D eigenvalue weighted by atomic mass is 10.1. The molecule has 0 atom stereocenters. The van der Waals surface area contributed by atoms with Crippen molar-refractivity contribution < 1.29 is 22.4 Å². The van der Waals surface area contributed by atoms with Gasteiger partial charge in [0.15, 0.2) is 5.76 Å². The normalized spacial score (nSPS) is 11.5. The minimum absolute atomic E-state index is 0.0283. The summed E-state index contributed by atoms with van der Waals surface area (Å²) in [6.45, 7) is 3.75. The Kier molecular flexibility index (Phi) is 5.02. The Hall–Kier alpha value is -2.73. The number of aryl methyl sites for hydroxylation is 2. The molecule has 0 aliphatic carbocycles. The molecule has 7 heteroatoms. The molecule has 0 bridgehead atoms. The average Bonchev–Trinajstić information content (AvgIpc) is 3.07. The lowest BCUT2D eigenvalue weighted by molar-refractivity contribution is -0.137. The number of nitrogens with one attached hydrogen (secondary N) is 1. The van der Waals surface area contributed by atoms with Crippen LogP contribution < -0.4 is 5.32 Å². The Morgan fingerprint density at radius 1 is 1.04 bits per heavy atom. The van der Waals surface area contributed by atoms with E-state index in [0.29, 0.717) is 5.69 Å². The fraction of sp³-hybridized carbons (Fsp3) is 0.150. The minimum Gasteiger partial charge on any atom is -0.451 e. The van der Waals surface area contributed by atoms with Crippen molar-refractivity contribution in [2.45, 2.75) is 20.0 Å². The molecule has 3 aromatic rings. The number of carbonyl (C=O) groups is 1. The van der Waals surface area contributed by atoms with E-state index in [2.05, 4.69) is 5.32 Å². The maximum absolute atomic E-state index is 12.9. The smallest absolute Gasteiger partial charge is 0.416 e. The molecule has 0 aliphatic heterocycles. The highest BCUT2D eigenvalue weighted by Gasteiger charge is 2.31. The maximum Gasteiger partial charge on any atom is 0.416 e. The first-order chi connectivity index (χ1) is 12.6. The minimum atomic E-state index is -4.51. The van der Waals surface area contributed by atoms with Crippen LogP contribution in [0.25, 0.3) is 11.3 Å². The fourth-order valence-corrected chi connectivity index (χ4v) is 2.76. The summed E-state index contributed by atoms with van der Waals surface area (Å²) in [5.41, 5.74) is 1.71. The summed E-state index contributed by atoms with van der Waals surface area (Å²) in [5.74, 6) is -0.449. The summed E-state index contributed by atoms with van der Waals surface area (Å²) >= 11 is 6.01. The van der Waals surface area contributed by atoms with Crippen molar-refractivity contribution in [2.24, 2.45) is 0 Å². The molecular weight excluding hydrogens is 379 g/mol. The first kappa shape index (κ1) is 19.0. The van der Waals surface area contributed by atoms with E-state index in [9.17, 15) is 18.0 Å². The van der Waals surface area contributed by atoms with Gasteiger partial charge in [-0.25, -0.2) is 0 Å². The summed E-state index contributed by atoms with van der Waals surface area (Å²) in [7, 11) is 0. The molecule has 0 fully saturated rings. The van der Waals surface area contributed by atoms with Crippen molar-refractivity contribution in [2.75, 3.05) is 5.32 Å². The molecule has 0 aliphatic rings. The van der Waals surface area contributed by atoms with E-state index in [0.717, 1.165) is 29.3 Å². The van der Waals surface area contributed by atoms with E-state index in [1.54, 1.807) is 0 Å². The Balaban J connectivity index is 1.89. The highest BCUT2D eigenvalue weighted by molar-refractivity contribution is 6.33. The molecule has 0 saturated heterocycles. The average molecular weight is 394 g/mol. The molecule has 0 radical (unpaired) electrons. The topological polar surface area (TPSA) is 42.2 Å². The van der Waals surface area contributed by atoms with Crippen LogP contribution in [0.1, 0.15) is 27.2 Å². The number of anilines is 1. The third kappa shape index (κ3) is 4.17. The van der Waals surface area contributed by atoms with Crippen molar-refractivity contribution >= 4 is 23.2 Å². The number of carbonyl (C=O) groups excluding carboxylic acids is 1. The molecular formula is C20H15ClF3NO2. The number of hydrogen-bond donors (Lipinski definition) is 1. The van der Waals surface area contributed by atoms with Crippen LogP contribution in [-0.2, 0) is 6.18 Å². The second-order valence-electron chi connectivity index (χ2n) is 6.13. The molecule has 0 saturated carbocycles. The first-order valence-electron chi connectivity index (χ1n) is 8.01. The van der Waals surface area contributed by atoms with E-state index < -0.39 is 17.6 Å². The third-order valence-electron chi connectivity index (χ3n) is 4.03. The monoisotopic (exact) mass is 393 g/mol. The van der Waals surface area contributed by atoms with Gasteiger partial charge in [-0.3, -0.25) is 4.79 Å². The van der Waals surface area contributed by atoms with Gasteiger partial charge in [-0.15, -0.1) is 0 Å². The van der Waals surface area contributed by atoms with Crippen LogP contribution in [0.2, 0.25) is 5.02 Å². The van der Waals surface area contributed by atoms with Crippen LogP contribution in [0.5, 0.6) is 0 Å². The summed E-state index contributed by atoms with van der Waals surface area (Å²) < 4.78 is 44.2. The first-order valence-corrected chi connectivity index (χ1v) is 8.38. The number of furan rings is 1. The highest BCUT2D eigenvalue weighted by Crippen LogP contribution is 2.36. The predicted molar refractivity (Wildman–Crippen MR) is 98.0 cm³/mol. The van der Waals surface area contributed by atoms with Crippen molar-refractivity contribution in [3.8, 4) is 11.3 Å². The van der Waals surface area contributed by atoms with Gasteiger partial charge in [0, 0.05) is 11.3 Å². The van der Waals surface area contributed by atoms with Gasteiger partial charge in [-0.2, -0.15) is 13.2 Å².